The zero-order valence-corrected chi connectivity index (χ0v) is 19.9. The largest absolute Gasteiger partial charge is 0.378 e. The van der Waals surface area contributed by atoms with Crippen LogP contribution in [0, 0.1) is 13.8 Å². The summed E-state index contributed by atoms with van der Waals surface area (Å²) in [6.07, 6.45) is 7.03. The molecule has 1 N–H and O–H groups in total. The van der Waals surface area contributed by atoms with Crippen LogP contribution in [0.15, 0.2) is 53.4 Å². The second-order valence-electron chi connectivity index (χ2n) is 8.50. The molecule has 0 saturated heterocycles. The van der Waals surface area contributed by atoms with E-state index in [-0.39, 0.29) is 17.3 Å². The molecule has 1 fully saturated rings. The van der Waals surface area contributed by atoms with Gasteiger partial charge in [0, 0.05) is 13.2 Å². The number of sulfonamides is 1. The number of nitrogens with one attached hydrogen (secondary N) is 1. The lowest BCUT2D eigenvalue weighted by Crippen LogP contribution is -2.41. The minimum atomic E-state index is -3.88. The molecule has 6 nitrogen and oxygen atoms in total. The molecule has 174 valence electrons. The average molecular weight is 459 g/mol. The van der Waals surface area contributed by atoms with E-state index in [9.17, 15) is 13.2 Å². The lowest BCUT2D eigenvalue weighted by atomic mass is 9.98. The van der Waals surface area contributed by atoms with Crippen molar-refractivity contribution in [3.05, 3.63) is 59.7 Å². The van der Waals surface area contributed by atoms with Crippen LogP contribution in [0.25, 0.3) is 0 Å². The van der Waals surface area contributed by atoms with E-state index in [1.54, 1.807) is 42.5 Å². The van der Waals surface area contributed by atoms with Gasteiger partial charge < -0.3 is 10.1 Å². The molecule has 3 rings (SSSR count). The minimum absolute atomic E-state index is 0.165. The summed E-state index contributed by atoms with van der Waals surface area (Å²) in [6, 6.07) is 13.8. The Balaban J connectivity index is 1.62. The molecule has 0 spiro atoms. The van der Waals surface area contributed by atoms with Crippen molar-refractivity contribution < 1.29 is 17.9 Å². The van der Waals surface area contributed by atoms with Gasteiger partial charge in [0.05, 0.1) is 16.7 Å². The highest BCUT2D eigenvalue weighted by Crippen LogP contribution is 2.25. The van der Waals surface area contributed by atoms with E-state index >= 15 is 0 Å². The molecule has 1 aliphatic rings. The van der Waals surface area contributed by atoms with E-state index in [1.807, 2.05) is 19.9 Å². The highest BCUT2D eigenvalue weighted by Gasteiger charge is 2.27. The molecule has 0 bridgehead atoms. The van der Waals surface area contributed by atoms with Crippen LogP contribution in [0.1, 0.15) is 49.7 Å². The fourth-order valence-electron chi connectivity index (χ4n) is 3.90. The highest BCUT2D eigenvalue weighted by atomic mass is 32.2. The van der Waals surface area contributed by atoms with Crippen LogP contribution in [0.3, 0.4) is 0 Å². The summed E-state index contributed by atoms with van der Waals surface area (Å²) in [5.74, 6) is -0.333. The first-order chi connectivity index (χ1) is 15.4. The van der Waals surface area contributed by atoms with Crippen LogP contribution >= 0.6 is 0 Å². The van der Waals surface area contributed by atoms with Crippen molar-refractivity contribution in [2.24, 2.45) is 0 Å². The number of carbonyl (C=O) groups is 1. The molecular weight excluding hydrogens is 424 g/mol. The predicted molar refractivity (Wildman–Crippen MR) is 127 cm³/mol. The molecule has 2 aromatic carbocycles. The number of hydrogen-bond acceptors (Lipinski definition) is 4. The minimum Gasteiger partial charge on any atom is -0.378 e. The van der Waals surface area contributed by atoms with Crippen molar-refractivity contribution in [1.82, 2.24) is 5.32 Å². The van der Waals surface area contributed by atoms with Crippen molar-refractivity contribution in [2.45, 2.75) is 63.4 Å². The predicted octanol–water partition coefficient (Wildman–Crippen LogP) is 4.35. The van der Waals surface area contributed by atoms with E-state index in [2.05, 4.69) is 5.32 Å². The summed E-state index contributed by atoms with van der Waals surface area (Å²) in [5, 5.41) is 2.84. The molecular formula is C25H34N2O4S. The first-order valence-electron chi connectivity index (χ1n) is 11.4. The van der Waals surface area contributed by atoms with Crippen molar-refractivity contribution in [3.63, 3.8) is 0 Å². The number of hydrogen-bond donors (Lipinski definition) is 1. The first kappa shape index (κ1) is 24.3. The second kappa shape index (κ2) is 11.5. The zero-order chi connectivity index (χ0) is 23.0. The van der Waals surface area contributed by atoms with Crippen LogP contribution in [0.4, 0.5) is 5.69 Å². The average Bonchev–Trinajstić information content (AvgIpc) is 2.78. The van der Waals surface area contributed by atoms with E-state index in [0.29, 0.717) is 31.4 Å². The first-order valence-corrected chi connectivity index (χ1v) is 12.8. The molecule has 0 radical (unpaired) electrons. The monoisotopic (exact) mass is 458 g/mol. The molecule has 0 atom stereocenters. The van der Waals surface area contributed by atoms with Gasteiger partial charge in [-0.3, -0.25) is 9.10 Å². The summed E-state index contributed by atoms with van der Waals surface area (Å²) in [4.78, 5) is 12.8. The molecule has 1 saturated carbocycles. The Morgan fingerprint density at radius 2 is 1.75 bits per heavy atom. The Morgan fingerprint density at radius 1 is 1.03 bits per heavy atom. The van der Waals surface area contributed by atoms with Crippen molar-refractivity contribution >= 4 is 21.6 Å². The Bertz CT molecular complexity index is 983. The van der Waals surface area contributed by atoms with E-state index in [1.165, 1.54) is 23.6 Å². The van der Waals surface area contributed by atoms with Crippen LogP contribution in [0.5, 0.6) is 0 Å². The molecule has 32 heavy (non-hydrogen) atoms. The lowest BCUT2D eigenvalue weighted by molar-refractivity contribution is -0.119. The van der Waals surface area contributed by atoms with Gasteiger partial charge in [-0.1, -0.05) is 49.1 Å². The number of anilines is 1. The van der Waals surface area contributed by atoms with Crippen molar-refractivity contribution in [3.8, 4) is 0 Å². The van der Waals surface area contributed by atoms with Crippen LogP contribution in [-0.4, -0.2) is 40.1 Å². The van der Waals surface area contributed by atoms with Gasteiger partial charge in [0.15, 0.2) is 0 Å². The van der Waals surface area contributed by atoms with Crippen molar-refractivity contribution in [1.29, 1.82) is 0 Å². The maximum absolute atomic E-state index is 13.4. The fourth-order valence-corrected chi connectivity index (χ4v) is 5.32. The third-order valence-electron chi connectivity index (χ3n) is 5.73. The second-order valence-corrected chi connectivity index (χ2v) is 10.4. The summed E-state index contributed by atoms with van der Waals surface area (Å²) >= 11 is 0. The molecule has 1 aliphatic carbocycles. The Kier molecular flexibility index (Phi) is 8.70. The van der Waals surface area contributed by atoms with Gasteiger partial charge in [0.1, 0.15) is 6.54 Å². The third-order valence-corrected chi connectivity index (χ3v) is 7.52. The lowest BCUT2D eigenvalue weighted by Gasteiger charge is -2.24. The standard InChI is InChI=1S/C25H34N2O4S/c1-20-12-14-24(15-13-20)32(29,30)27(22-9-6-8-21(2)18-22)19-25(28)26-16-7-17-31-23-10-4-3-5-11-23/h6,8-9,12-15,18,23H,3-5,7,10-11,16-17,19H2,1-2H3,(H,26,28). The zero-order valence-electron chi connectivity index (χ0n) is 19.0. The van der Waals surface area contributed by atoms with Gasteiger partial charge in [0.25, 0.3) is 10.0 Å². The normalized spacial score (nSPS) is 14.8. The fraction of sp³-hybridized carbons (Fsp3) is 0.480. The number of carbonyl (C=O) groups excluding carboxylic acids is 1. The van der Waals surface area contributed by atoms with Gasteiger partial charge in [-0.25, -0.2) is 8.42 Å². The Hall–Kier alpha value is -2.38. The quantitative estimate of drug-likeness (QED) is 0.537. The number of ether oxygens (including phenoxy) is 1. The summed E-state index contributed by atoms with van der Waals surface area (Å²) in [5.41, 5.74) is 2.37. The Morgan fingerprint density at radius 3 is 2.44 bits per heavy atom. The van der Waals surface area contributed by atoms with Crippen LogP contribution in [0.2, 0.25) is 0 Å². The number of aryl methyl sites for hydroxylation is 2. The summed E-state index contributed by atoms with van der Waals surface area (Å²) in [6.45, 7) is 4.59. The topological polar surface area (TPSA) is 75.7 Å². The smallest absolute Gasteiger partial charge is 0.264 e. The van der Waals surface area contributed by atoms with E-state index in [4.69, 9.17) is 4.74 Å². The number of nitrogens with zero attached hydrogens (tertiary/aromatic N) is 1. The van der Waals surface area contributed by atoms with Gasteiger partial charge in [-0.05, 0) is 62.9 Å². The number of amides is 1. The van der Waals surface area contributed by atoms with E-state index in [0.717, 1.165) is 24.0 Å². The summed E-state index contributed by atoms with van der Waals surface area (Å²) in [7, 11) is -3.88. The number of rotatable bonds is 10. The Labute approximate surface area is 192 Å². The van der Waals surface area contributed by atoms with Gasteiger partial charge >= 0.3 is 0 Å². The number of benzene rings is 2. The molecule has 2 aromatic rings. The maximum Gasteiger partial charge on any atom is 0.264 e. The molecule has 1 amide bonds. The SMILES string of the molecule is Cc1ccc(S(=O)(=O)N(CC(=O)NCCCOC2CCCCC2)c2cccc(C)c2)cc1. The van der Waals surface area contributed by atoms with Gasteiger partial charge in [-0.2, -0.15) is 0 Å². The molecule has 0 aromatic heterocycles. The van der Waals surface area contributed by atoms with Crippen LogP contribution in [-0.2, 0) is 19.6 Å². The van der Waals surface area contributed by atoms with E-state index < -0.39 is 10.0 Å². The van der Waals surface area contributed by atoms with Crippen LogP contribution < -0.4 is 9.62 Å². The maximum atomic E-state index is 13.4. The molecule has 7 heteroatoms. The molecule has 0 heterocycles. The summed E-state index contributed by atoms with van der Waals surface area (Å²) < 4.78 is 33.8. The molecule has 0 unspecified atom stereocenters. The van der Waals surface area contributed by atoms with Gasteiger partial charge in [-0.15, -0.1) is 0 Å². The molecule has 0 aliphatic heterocycles. The highest BCUT2D eigenvalue weighted by molar-refractivity contribution is 7.92. The van der Waals surface area contributed by atoms with Crippen molar-refractivity contribution in [2.75, 3.05) is 24.0 Å². The third kappa shape index (κ3) is 6.81. The van der Waals surface area contributed by atoms with Gasteiger partial charge in [0.2, 0.25) is 5.91 Å².